The van der Waals surface area contributed by atoms with E-state index in [1.54, 1.807) is 0 Å². The Morgan fingerprint density at radius 3 is 2.46 bits per heavy atom. The van der Waals surface area contributed by atoms with Gasteiger partial charge in [0.25, 0.3) is 0 Å². The number of nitroso groups, excluding NO2 is 1. The highest BCUT2D eigenvalue weighted by molar-refractivity contribution is 4.92. The molecule has 2 nitrogen and oxygen atoms in total. The molecule has 0 radical (unpaired) electrons. The average Bonchev–Trinajstić information content (AvgIpc) is 2.91. The highest BCUT2D eigenvalue weighted by Gasteiger charge is 2.40. The molecule has 13 heavy (non-hydrogen) atoms. The quantitative estimate of drug-likeness (QED) is 0.414. The number of unbranched alkanes of at least 4 members (excludes halogenated alkanes) is 3. The van der Waals surface area contributed by atoms with Gasteiger partial charge in [0.05, 0.1) is 6.54 Å². The molecule has 76 valence electrons. The van der Waals surface area contributed by atoms with Crippen molar-refractivity contribution in [1.82, 2.24) is 0 Å². The molecule has 0 unspecified atom stereocenters. The van der Waals surface area contributed by atoms with Gasteiger partial charge in [-0.05, 0) is 31.1 Å². The molecule has 0 amide bonds. The zero-order chi connectivity index (χ0) is 9.57. The standard InChI is InChI=1S/C11H21NO/c1-2-3-4-5-6-11(7-8-11)9-10-12-13/h2-10H2,1H3. The van der Waals surface area contributed by atoms with Crippen LogP contribution >= 0.6 is 0 Å². The van der Waals surface area contributed by atoms with Crippen LogP contribution in [0.1, 0.15) is 58.3 Å². The average molecular weight is 183 g/mol. The van der Waals surface area contributed by atoms with Gasteiger partial charge < -0.3 is 0 Å². The zero-order valence-corrected chi connectivity index (χ0v) is 8.72. The maximum Gasteiger partial charge on any atom is 0.0816 e. The molecule has 0 spiro atoms. The van der Waals surface area contributed by atoms with E-state index in [9.17, 15) is 4.91 Å². The van der Waals surface area contributed by atoms with E-state index in [2.05, 4.69) is 12.1 Å². The monoisotopic (exact) mass is 183 g/mol. The van der Waals surface area contributed by atoms with Crippen LogP contribution in [-0.4, -0.2) is 6.54 Å². The van der Waals surface area contributed by atoms with Gasteiger partial charge in [-0.2, -0.15) is 4.91 Å². The SMILES string of the molecule is CCCCCCC1(CCN=O)CC1. The van der Waals surface area contributed by atoms with Gasteiger partial charge in [0, 0.05) is 0 Å². The van der Waals surface area contributed by atoms with Gasteiger partial charge in [-0.25, -0.2) is 0 Å². The normalized spacial score (nSPS) is 18.5. The van der Waals surface area contributed by atoms with Crippen molar-refractivity contribution < 1.29 is 0 Å². The third-order valence-electron chi connectivity index (χ3n) is 3.25. The van der Waals surface area contributed by atoms with Crippen LogP contribution in [-0.2, 0) is 0 Å². The van der Waals surface area contributed by atoms with Crippen molar-refractivity contribution >= 4 is 0 Å². The second-order valence-corrected chi connectivity index (χ2v) is 4.41. The van der Waals surface area contributed by atoms with Gasteiger partial charge in [-0.15, -0.1) is 0 Å². The van der Waals surface area contributed by atoms with Crippen LogP contribution in [0.2, 0.25) is 0 Å². The van der Waals surface area contributed by atoms with Gasteiger partial charge in [-0.1, -0.05) is 37.8 Å². The first kappa shape index (κ1) is 10.7. The van der Waals surface area contributed by atoms with E-state index in [-0.39, 0.29) is 0 Å². The fourth-order valence-electron chi connectivity index (χ4n) is 2.01. The predicted molar refractivity (Wildman–Crippen MR) is 55.7 cm³/mol. The van der Waals surface area contributed by atoms with Crippen LogP contribution in [0.25, 0.3) is 0 Å². The molecule has 1 fully saturated rings. The molecular formula is C11H21NO. The summed E-state index contributed by atoms with van der Waals surface area (Å²) in [7, 11) is 0. The summed E-state index contributed by atoms with van der Waals surface area (Å²) in [6, 6.07) is 0. The van der Waals surface area contributed by atoms with Crippen molar-refractivity contribution in [3.05, 3.63) is 4.91 Å². The Hall–Kier alpha value is -0.400. The van der Waals surface area contributed by atoms with Crippen molar-refractivity contribution in [1.29, 1.82) is 0 Å². The van der Waals surface area contributed by atoms with Gasteiger partial charge in [0.2, 0.25) is 0 Å². The molecule has 1 rings (SSSR count). The van der Waals surface area contributed by atoms with Crippen molar-refractivity contribution in [3.8, 4) is 0 Å². The van der Waals surface area contributed by atoms with Crippen molar-refractivity contribution in [2.45, 2.75) is 58.3 Å². The Bertz CT molecular complexity index is 152. The Morgan fingerprint density at radius 2 is 1.92 bits per heavy atom. The van der Waals surface area contributed by atoms with E-state index in [1.165, 1.54) is 44.9 Å². The van der Waals surface area contributed by atoms with E-state index in [0.29, 0.717) is 12.0 Å². The van der Waals surface area contributed by atoms with Gasteiger partial charge >= 0.3 is 0 Å². The van der Waals surface area contributed by atoms with E-state index in [0.717, 1.165) is 6.42 Å². The summed E-state index contributed by atoms with van der Waals surface area (Å²) in [5.74, 6) is 0. The summed E-state index contributed by atoms with van der Waals surface area (Å²) in [6.07, 6.45) is 10.5. The van der Waals surface area contributed by atoms with Crippen LogP contribution in [0.15, 0.2) is 5.18 Å². The van der Waals surface area contributed by atoms with Crippen LogP contribution in [0.4, 0.5) is 0 Å². The molecule has 2 heteroatoms. The topological polar surface area (TPSA) is 29.4 Å². The summed E-state index contributed by atoms with van der Waals surface area (Å²) in [5, 5.41) is 2.96. The maximum atomic E-state index is 10.0. The van der Waals surface area contributed by atoms with Gasteiger partial charge in [0.1, 0.15) is 0 Å². The molecule has 1 saturated carbocycles. The molecule has 0 atom stereocenters. The predicted octanol–water partition coefficient (Wildman–Crippen LogP) is 3.89. The zero-order valence-electron chi connectivity index (χ0n) is 8.72. The Kier molecular flexibility index (Phi) is 4.40. The van der Waals surface area contributed by atoms with Crippen LogP contribution in [0, 0.1) is 10.3 Å². The summed E-state index contributed by atoms with van der Waals surface area (Å²) in [6.45, 7) is 2.77. The lowest BCUT2D eigenvalue weighted by atomic mass is 9.94. The molecule has 0 bridgehead atoms. The second kappa shape index (κ2) is 5.36. The minimum absolute atomic E-state index is 0.535. The van der Waals surface area contributed by atoms with Crippen LogP contribution in [0.3, 0.4) is 0 Å². The summed E-state index contributed by atoms with van der Waals surface area (Å²) in [4.78, 5) is 10.0. The number of rotatable bonds is 8. The Balaban J connectivity index is 2.02. The molecule has 0 aromatic carbocycles. The van der Waals surface area contributed by atoms with Crippen molar-refractivity contribution in [2.75, 3.05) is 6.54 Å². The van der Waals surface area contributed by atoms with Crippen LogP contribution < -0.4 is 0 Å². The lowest BCUT2D eigenvalue weighted by Gasteiger charge is -2.11. The Morgan fingerprint density at radius 1 is 1.15 bits per heavy atom. The fraction of sp³-hybridized carbons (Fsp3) is 1.00. The largest absolute Gasteiger partial charge is 0.151 e. The molecule has 0 aromatic rings. The van der Waals surface area contributed by atoms with Gasteiger partial charge in [0.15, 0.2) is 0 Å². The maximum absolute atomic E-state index is 10.0. The molecular weight excluding hydrogens is 162 g/mol. The van der Waals surface area contributed by atoms with E-state index in [4.69, 9.17) is 0 Å². The lowest BCUT2D eigenvalue weighted by molar-refractivity contribution is 0.410. The first-order valence-corrected chi connectivity index (χ1v) is 5.62. The minimum atomic E-state index is 0.535. The van der Waals surface area contributed by atoms with Crippen molar-refractivity contribution in [3.63, 3.8) is 0 Å². The van der Waals surface area contributed by atoms with Crippen molar-refractivity contribution in [2.24, 2.45) is 10.6 Å². The van der Waals surface area contributed by atoms with E-state index in [1.807, 2.05) is 0 Å². The summed E-state index contributed by atoms with van der Waals surface area (Å²) in [5.41, 5.74) is 0.557. The second-order valence-electron chi connectivity index (χ2n) is 4.41. The van der Waals surface area contributed by atoms with Crippen LogP contribution in [0.5, 0.6) is 0 Å². The number of hydrogen-bond acceptors (Lipinski definition) is 2. The first-order valence-electron chi connectivity index (χ1n) is 5.62. The third-order valence-corrected chi connectivity index (χ3v) is 3.25. The highest BCUT2D eigenvalue weighted by atomic mass is 16.3. The summed E-state index contributed by atoms with van der Waals surface area (Å²) >= 11 is 0. The number of hydrogen-bond donors (Lipinski definition) is 0. The van der Waals surface area contributed by atoms with Gasteiger partial charge in [-0.3, -0.25) is 0 Å². The summed E-state index contributed by atoms with van der Waals surface area (Å²) < 4.78 is 0. The van der Waals surface area contributed by atoms with E-state index < -0.39 is 0 Å². The Labute approximate surface area is 81.1 Å². The molecule has 0 aromatic heterocycles. The number of nitrogens with zero attached hydrogens (tertiary/aromatic N) is 1. The molecule has 0 N–H and O–H groups in total. The molecule has 1 aliphatic rings. The van der Waals surface area contributed by atoms with E-state index >= 15 is 0 Å². The third kappa shape index (κ3) is 3.88. The molecule has 1 aliphatic carbocycles. The minimum Gasteiger partial charge on any atom is -0.151 e. The fourth-order valence-corrected chi connectivity index (χ4v) is 2.01. The smallest absolute Gasteiger partial charge is 0.0816 e. The molecule has 0 heterocycles. The molecule has 0 aliphatic heterocycles. The molecule has 0 saturated heterocycles. The lowest BCUT2D eigenvalue weighted by Crippen LogP contribution is -2.02. The highest BCUT2D eigenvalue weighted by Crippen LogP contribution is 2.52. The first-order chi connectivity index (χ1) is 6.33.